The summed E-state index contributed by atoms with van der Waals surface area (Å²) in [4.78, 5) is 1.30. The molecule has 1 N–H and O–H groups in total. The van der Waals surface area contributed by atoms with Crippen molar-refractivity contribution in [2.75, 3.05) is 11.4 Å². The molecule has 0 aliphatic carbocycles. The Morgan fingerprint density at radius 1 is 0.829 bits per heavy atom. The van der Waals surface area contributed by atoms with Crippen molar-refractivity contribution >= 4 is 5.69 Å². The van der Waals surface area contributed by atoms with Gasteiger partial charge in [0.15, 0.2) is 0 Å². The molecule has 0 aliphatic rings. The lowest BCUT2D eigenvalue weighted by atomic mass is 10.1. The minimum Gasteiger partial charge on any atom is -0.428 e. The van der Waals surface area contributed by atoms with Gasteiger partial charge in [0.1, 0.15) is 17.6 Å². The first kappa shape index (κ1) is 28.3. The highest BCUT2D eigenvalue weighted by atomic mass is 19.4. The van der Waals surface area contributed by atoms with Crippen molar-refractivity contribution in [3.8, 4) is 11.5 Å². The van der Waals surface area contributed by atoms with E-state index in [1.165, 1.54) is 29.2 Å². The number of aliphatic hydroxyl groups is 1. The lowest BCUT2D eigenvalue weighted by molar-refractivity contribution is -0.274. The molecular formula is C21H19F10NO3. The third-order valence-corrected chi connectivity index (χ3v) is 4.48. The van der Waals surface area contributed by atoms with Crippen LogP contribution in [0.2, 0.25) is 0 Å². The fraction of sp³-hybridized carbons (Fsp3) is 0.429. The van der Waals surface area contributed by atoms with Gasteiger partial charge < -0.3 is 19.5 Å². The van der Waals surface area contributed by atoms with Gasteiger partial charge in [-0.1, -0.05) is 18.2 Å². The van der Waals surface area contributed by atoms with Crippen molar-refractivity contribution < 1.29 is 58.5 Å². The van der Waals surface area contributed by atoms with E-state index in [9.17, 15) is 49.0 Å². The normalized spacial score (nSPS) is 13.6. The summed E-state index contributed by atoms with van der Waals surface area (Å²) in [6, 6.07) is 8.97. The maximum absolute atomic E-state index is 13.2. The zero-order valence-corrected chi connectivity index (χ0v) is 17.6. The van der Waals surface area contributed by atoms with Gasteiger partial charge in [-0.3, -0.25) is 0 Å². The number of rotatable bonds is 11. The fourth-order valence-electron chi connectivity index (χ4n) is 2.95. The Hall–Kier alpha value is -2.90. The lowest BCUT2D eigenvalue weighted by Gasteiger charge is -2.27. The Kier molecular flexibility index (Phi) is 9.09. The second-order valence-electron chi connectivity index (χ2n) is 7.28. The van der Waals surface area contributed by atoms with Crippen LogP contribution in [0.15, 0.2) is 48.5 Å². The Bertz CT molecular complexity index is 949. The Morgan fingerprint density at radius 3 is 2.00 bits per heavy atom. The van der Waals surface area contributed by atoms with Gasteiger partial charge in [0, 0.05) is 24.8 Å². The summed E-state index contributed by atoms with van der Waals surface area (Å²) in [6.07, 6.45) is -22.4. The smallest absolute Gasteiger partial charge is 0.428 e. The second-order valence-corrected chi connectivity index (χ2v) is 7.28. The van der Waals surface area contributed by atoms with Gasteiger partial charge >= 0.3 is 25.1 Å². The number of anilines is 1. The van der Waals surface area contributed by atoms with Crippen LogP contribution in [-0.4, -0.2) is 42.8 Å². The van der Waals surface area contributed by atoms with Crippen LogP contribution in [0.5, 0.6) is 11.5 Å². The number of nitrogens with zero attached hydrogens (tertiary/aromatic N) is 1. The number of ether oxygens (including phenoxy) is 2. The Balaban J connectivity index is 2.26. The summed E-state index contributed by atoms with van der Waals surface area (Å²) in [5, 5.41) is 9.18. The lowest BCUT2D eigenvalue weighted by Crippen LogP contribution is -2.33. The van der Waals surface area contributed by atoms with Crippen molar-refractivity contribution in [2.24, 2.45) is 0 Å². The van der Waals surface area contributed by atoms with Crippen LogP contribution in [0.3, 0.4) is 0 Å². The minimum atomic E-state index is -5.01. The molecule has 1 atom stereocenters. The van der Waals surface area contributed by atoms with E-state index in [-0.39, 0.29) is 30.8 Å². The van der Waals surface area contributed by atoms with Gasteiger partial charge in [-0.25, -0.2) is 0 Å². The van der Waals surface area contributed by atoms with Crippen LogP contribution in [0, 0.1) is 0 Å². The van der Waals surface area contributed by atoms with Gasteiger partial charge in [-0.05, 0) is 42.7 Å². The van der Waals surface area contributed by atoms with E-state index in [4.69, 9.17) is 0 Å². The van der Waals surface area contributed by atoms with Crippen LogP contribution in [0.25, 0.3) is 0 Å². The SMILES string of the molecule is OC(CCCN(Cc1cccc(OC(F)(F)C(F)F)c1)c1cccc(OC(F)(F)F)c1)C(F)(F)F. The van der Waals surface area contributed by atoms with Crippen LogP contribution in [0.1, 0.15) is 18.4 Å². The third-order valence-electron chi connectivity index (χ3n) is 4.48. The highest BCUT2D eigenvalue weighted by Crippen LogP contribution is 2.31. The van der Waals surface area contributed by atoms with Gasteiger partial charge in [-0.2, -0.15) is 30.7 Å². The second kappa shape index (κ2) is 11.2. The largest absolute Gasteiger partial charge is 0.573 e. The predicted molar refractivity (Wildman–Crippen MR) is 103 cm³/mol. The Morgan fingerprint density at radius 2 is 1.43 bits per heavy atom. The highest BCUT2D eigenvalue weighted by molar-refractivity contribution is 5.51. The molecule has 0 radical (unpaired) electrons. The standard InChI is InChI=1S/C21H19F10NO3/c22-18(23)20(27,28)34-15-6-1-4-13(10-15)12-32(9-3-8-17(33)19(24,25)26)14-5-2-7-16(11-14)35-21(29,30)31/h1-2,4-7,10-11,17-18,33H,3,8-9,12H2. The molecule has 0 heterocycles. The number of aliphatic hydroxyl groups excluding tert-OH is 1. The van der Waals surface area contributed by atoms with Gasteiger partial charge in [0.2, 0.25) is 0 Å². The molecular weight excluding hydrogens is 504 g/mol. The van der Waals surface area contributed by atoms with Gasteiger partial charge in [-0.15, -0.1) is 13.2 Å². The molecule has 0 fully saturated rings. The molecule has 4 nitrogen and oxygen atoms in total. The summed E-state index contributed by atoms with van der Waals surface area (Å²) < 4.78 is 134. The molecule has 0 aliphatic heterocycles. The molecule has 2 rings (SSSR count). The van der Waals surface area contributed by atoms with Crippen LogP contribution in [-0.2, 0) is 6.54 Å². The minimum absolute atomic E-state index is 0.0671. The molecule has 196 valence electrons. The number of hydrogen-bond acceptors (Lipinski definition) is 4. The Labute approximate surface area is 192 Å². The molecule has 0 saturated heterocycles. The van der Waals surface area contributed by atoms with E-state index in [0.717, 1.165) is 24.3 Å². The average molecular weight is 523 g/mol. The number of hydrogen-bond donors (Lipinski definition) is 1. The van der Waals surface area contributed by atoms with E-state index in [1.54, 1.807) is 0 Å². The zero-order chi connectivity index (χ0) is 26.4. The summed E-state index contributed by atoms with van der Waals surface area (Å²) in [6.45, 7) is -0.448. The van der Waals surface area contributed by atoms with E-state index >= 15 is 0 Å². The van der Waals surface area contributed by atoms with Gasteiger partial charge in [0.25, 0.3) is 0 Å². The quantitative estimate of drug-likeness (QED) is 0.340. The molecule has 0 bridgehead atoms. The molecule has 0 amide bonds. The predicted octanol–water partition coefficient (Wildman–Crippen LogP) is 6.53. The molecule has 2 aromatic rings. The van der Waals surface area contributed by atoms with Crippen molar-refractivity contribution in [1.29, 1.82) is 0 Å². The van der Waals surface area contributed by atoms with Crippen molar-refractivity contribution in [1.82, 2.24) is 0 Å². The first-order valence-corrected chi connectivity index (χ1v) is 9.86. The highest BCUT2D eigenvalue weighted by Gasteiger charge is 2.44. The fourth-order valence-corrected chi connectivity index (χ4v) is 2.95. The van der Waals surface area contributed by atoms with Gasteiger partial charge in [0.05, 0.1) is 0 Å². The maximum Gasteiger partial charge on any atom is 0.573 e. The molecule has 35 heavy (non-hydrogen) atoms. The first-order valence-electron chi connectivity index (χ1n) is 9.86. The first-order chi connectivity index (χ1) is 16.1. The van der Waals surface area contributed by atoms with Crippen molar-refractivity contribution in [2.45, 2.75) is 50.6 Å². The van der Waals surface area contributed by atoms with Crippen LogP contribution in [0.4, 0.5) is 49.6 Å². The third kappa shape index (κ3) is 9.34. The number of benzene rings is 2. The summed E-state index contributed by atoms with van der Waals surface area (Å²) in [7, 11) is 0. The molecule has 1 unspecified atom stereocenters. The molecule has 0 saturated carbocycles. The number of halogens is 10. The summed E-state index contributed by atoms with van der Waals surface area (Å²) >= 11 is 0. The van der Waals surface area contributed by atoms with E-state index in [1.807, 2.05) is 0 Å². The summed E-state index contributed by atoms with van der Waals surface area (Å²) in [5.41, 5.74) is 0.239. The van der Waals surface area contributed by atoms with Crippen LogP contribution >= 0.6 is 0 Å². The number of alkyl halides is 10. The monoisotopic (exact) mass is 523 g/mol. The summed E-state index contributed by atoms with van der Waals surface area (Å²) in [5.74, 6) is -1.25. The topological polar surface area (TPSA) is 41.9 Å². The molecule has 2 aromatic carbocycles. The molecule has 14 heteroatoms. The molecule has 0 spiro atoms. The molecule has 0 aromatic heterocycles. The van der Waals surface area contributed by atoms with E-state index < -0.39 is 49.1 Å². The average Bonchev–Trinajstić information content (AvgIpc) is 2.71. The van der Waals surface area contributed by atoms with E-state index in [2.05, 4.69) is 9.47 Å². The van der Waals surface area contributed by atoms with Crippen LogP contribution < -0.4 is 14.4 Å². The zero-order valence-electron chi connectivity index (χ0n) is 17.6. The van der Waals surface area contributed by atoms with Crippen molar-refractivity contribution in [3.05, 3.63) is 54.1 Å². The van der Waals surface area contributed by atoms with E-state index in [0.29, 0.717) is 0 Å². The maximum atomic E-state index is 13.2. The van der Waals surface area contributed by atoms with Crippen molar-refractivity contribution in [3.63, 3.8) is 0 Å².